The maximum Gasteiger partial charge on any atom is 0.237 e. The van der Waals surface area contributed by atoms with Crippen LogP contribution in [-0.4, -0.2) is 18.0 Å². The molecule has 1 atom stereocenters. The third kappa shape index (κ3) is 4.47. The van der Waals surface area contributed by atoms with E-state index < -0.39 is 6.04 Å². The molecule has 0 saturated heterocycles. The van der Waals surface area contributed by atoms with Gasteiger partial charge in [0.2, 0.25) is 5.91 Å². The highest BCUT2D eigenvalue weighted by Crippen LogP contribution is 2.40. The monoisotopic (exact) mass is 282 g/mol. The molecule has 0 unspecified atom stereocenters. The Balaban J connectivity index is 2.45. The van der Waals surface area contributed by atoms with E-state index in [0.29, 0.717) is 11.5 Å². The van der Waals surface area contributed by atoms with Gasteiger partial charge in [-0.05, 0) is 42.4 Å². The van der Waals surface area contributed by atoms with Crippen molar-refractivity contribution >= 4 is 5.91 Å². The van der Waals surface area contributed by atoms with Crippen molar-refractivity contribution in [2.45, 2.75) is 85.7 Å². The third-order valence-electron chi connectivity index (χ3n) is 5.31. The van der Waals surface area contributed by atoms with Gasteiger partial charge in [-0.1, -0.05) is 48.0 Å². The van der Waals surface area contributed by atoms with E-state index in [0.717, 1.165) is 18.8 Å². The number of carbonyl (C=O) groups excluding carboxylic acids is 1. The minimum absolute atomic E-state index is 0.00991. The highest BCUT2D eigenvalue weighted by Gasteiger charge is 2.34. The topological polar surface area (TPSA) is 55.1 Å². The summed E-state index contributed by atoms with van der Waals surface area (Å²) in [6, 6.07) is -0.105. The maximum absolute atomic E-state index is 12.2. The Hall–Kier alpha value is -0.570. The molecule has 3 heteroatoms. The molecule has 118 valence electrons. The zero-order valence-corrected chi connectivity index (χ0v) is 14.3. The quantitative estimate of drug-likeness (QED) is 0.829. The summed E-state index contributed by atoms with van der Waals surface area (Å²) in [6.45, 7) is 13.0. The molecule has 0 spiro atoms. The lowest BCUT2D eigenvalue weighted by Crippen LogP contribution is -2.52. The van der Waals surface area contributed by atoms with Crippen molar-refractivity contribution in [1.82, 2.24) is 5.32 Å². The first-order valence-corrected chi connectivity index (χ1v) is 8.14. The smallest absolute Gasteiger partial charge is 0.237 e. The summed E-state index contributed by atoms with van der Waals surface area (Å²) in [7, 11) is 0. The molecule has 3 N–H and O–H groups in total. The van der Waals surface area contributed by atoms with Crippen molar-refractivity contribution in [3.05, 3.63) is 0 Å². The van der Waals surface area contributed by atoms with Crippen molar-refractivity contribution in [3.63, 3.8) is 0 Å². The van der Waals surface area contributed by atoms with Gasteiger partial charge in [0.1, 0.15) is 0 Å². The van der Waals surface area contributed by atoms with E-state index in [9.17, 15) is 4.79 Å². The Morgan fingerprint density at radius 3 is 2.05 bits per heavy atom. The summed E-state index contributed by atoms with van der Waals surface area (Å²) in [6.07, 6.45) is 5.85. The lowest BCUT2D eigenvalue weighted by Gasteiger charge is -2.39. The van der Waals surface area contributed by atoms with Crippen LogP contribution >= 0.6 is 0 Å². The van der Waals surface area contributed by atoms with Crippen LogP contribution in [0.5, 0.6) is 0 Å². The molecule has 1 aliphatic rings. The van der Waals surface area contributed by atoms with Gasteiger partial charge in [-0.15, -0.1) is 0 Å². The summed E-state index contributed by atoms with van der Waals surface area (Å²) < 4.78 is 0. The molecule has 0 bridgehead atoms. The largest absolute Gasteiger partial charge is 0.352 e. The first kappa shape index (κ1) is 17.5. The molecule has 1 fully saturated rings. The molecule has 0 aliphatic heterocycles. The predicted molar refractivity (Wildman–Crippen MR) is 85.4 cm³/mol. The number of amides is 1. The van der Waals surface area contributed by atoms with Gasteiger partial charge in [0, 0.05) is 6.04 Å². The van der Waals surface area contributed by atoms with Gasteiger partial charge in [0.25, 0.3) is 0 Å². The molecule has 0 aromatic heterocycles. The van der Waals surface area contributed by atoms with E-state index in [1.54, 1.807) is 0 Å². The van der Waals surface area contributed by atoms with E-state index in [1.807, 2.05) is 20.8 Å². The molecular weight excluding hydrogens is 248 g/mol. The lowest BCUT2D eigenvalue weighted by atomic mass is 9.69. The fourth-order valence-electron chi connectivity index (χ4n) is 2.99. The van der Waals surface area contributed by atoms with Gasteiger partial charge in [-0.25, -0.2) is 0 Å². The molecule has 0 aromatic carbocycles. The van der Waals surface area contributed by atoms with Crippen LogP contribution in [0.25, 0.3) is 0 Å². The summed E-state index contributed by atoms with van der Waals surface area (Å²) in [5.74, 6) is 0.799. The molecule has 0 aromatic rings. The molecule has 20 heavy (non-hydrogen) atoms. The summed E-state index contributed by atoms with van der Waals surface area (Å²) in [5.41, 5.74) is 6.27. The Bertz CT molecular complexity index is 322. The normalized spacial score (nSPS) is 26.1. The molecule has 1 aliphatic carbocycles. The highest BCUT2D eigenvalue weighted by molar-refractivity contribution is 5.82. The fraction of sp³-hybridized carbons (Fsp3) is 0.941. The van der Waals surface area contributed by atoms with E-state index in [1.165, 1.54) is 19.3 Å². The fourth-order valence-corrected chi connectivity index (χ4v) is 2.99. The van der Waals surface area contributed by atoms with Crippen LogP contribution in [0.2, 0.25) is 0 Å². The van der Waals surface area contributed by atoms with Crippen molar-refractivity contribution in [1.29, 1.82) is 0 Å². The van der Waals surface area contributed by atoms with Crippen LogP contribution in [0.4, 0.5) is 0 Å². The van der Waals surface area contributed by atoms with E-state index in [4.69, 9.17) is 5.73 Å². The molecule has 1 saturated carbocycles. The van der Waals surface area contributed by atoms with Crippen molar-refractivity contribution in [2.24, 2.45) is 22.5 Å². The average Bonchev–Trinajstić information content (AvgIpc) is 2.37. The molecular formula is C17H34N2O. The molecule has 1 rings (SSSR count). The van der Waals surface area contributed by atoms with Gasteiger partial charge in [-0.3, -0.25) is 4.79 Å². The van der Waals surface area contributed by atoms with E-state index >= 15 is 0 Å². The Kier molecular flexibility index (Phi) is 5.65. The minimum Gasteiger partial charge on any atom is -0.352 e. The molecule has 0 radical (unpaired) electrons. The SMILES string of the molecule is CCC(C)(C)C1CCC(NC(=O)[C@H](N)C(C)(C)C)CC1. The van der Waals surface area contributed by atoms with Gasteiger partial charge in [0.15, 0.2) is 0 Å². The highest BCUT2D eigenvalue weighted by atomic mass is 16.2. The van der Waals surface area contributed by atoms with Gasteiger partial charge < -0.3 is 11.1 Å². The van der Waals surface area contributed by atoms with Crippen LogP contribution in [0, 0.1) is 16.7 Å². The Morgan fingerprint density at radius 2 is 1.65 bits per heavy atom. The standard InChI is InChI=1S/C17H34N2O/c1-7-17(5,6)12-8-10-13(11-9-12)19-15(20)14(18)16(2,3)4/h12-14H,7-11,18H2,1-6H3,(H,19,20)/t12?,13?,14-/m0/s1. The van der Waals surface area contributed by atoms with E-state index in [-0.39, 0.29) is 11.3 Å². The van der Waals surface area contributed by atoms with E-state index in [2.05, 4.69) is 26.1 Å². The number of nitrogens with two attached hydrogens (primary N) is 1. The van der Waals surface area contributed by atoms with Gasteiger partial charge in [-0.2, -0.15) is 0 Å². The summed E-state index contributed by atoms with van der Waals surface area (Å²) in [4.78, 5) is 12.2. The zero-order chi connectivity index (χ0) is 15.6. The molecule has 1 amide bonds. The average molecular weight is 282 g/mol. The predicted octanol–water partition coefficient (Wildman–Crippen LogP) is 3.47. The second-order valence-electron chi connectivity index (χ2n) is 8.24. The Morgan fingerprint density at radius 1 is 1.15 bits per heavy atom. The third-order valence-corrected chi connectivity index (χ3v) is 5.31. The number of carbonyl (C=O) groups is 1. The number of hydrogen-bond donors (Lipinski definition) is 2. The van der Waals surface area contributed by atoms with Gasteiger partial charge >= 0.3 is 0 Å². The number of rotatable bonds is 4. The Labute approximate surface area is 125 Å². The van der Waals surface area contributed by atoms with Crippen molar-refractivity contribution < 1.29 is 4.79 Å². The van der Waals surface area contributed by atoms with Crippen LogP contribution in [0.1, 0.15) is 73.6 Å². The zero-order valence-electron chi connectivity index (χ0n) is 14.3. The van der Waals surface area contributed by atoms with Gasteiger partial charge in [0.05, 0.1) is 6.04 Å². The summed E-state index contributed by atoms with van der Waals surface area (Å²) >= 11 is 0. The van der Waals surface area contributed by atoms with Crippen LogP contribution in [-0.2, 0) is 4.79 Å². The van der Waals surface area contributed by atoms with Crippen LogP contribution < -0.4 is 11.1 Å². The number of hydrogen-bond acceptors (Lipinski definition) is 2. The molecule has 3 nitrogen and oxygen atoms in total. The van der Waals surface area contributed by atoms with Crippen molar-refractivity contribution in [2.75, 3.05) is 0 Å². The first-order valence-electron chi connectivity index (χ1n) is 8.14. The second kappa shape index (κ2) is 6.46. The minimum atomic E-state index is -0.424. The first-order chi connectivity index (χ1) is 9.08. The maximum atomic E-state index is 12.2. The van der Waals surface area contributed by atoms with Crippen LogP contribution in [0.3, 0.4) is 0 Å². The van der Waals surface area contributed by atoms with Crippen LogP contribution in [0.15, 0.2) is 0 Å². The molecule has 0 heterocycles. The summed E-state index contributed by atoms with van der Waals surface area (Å²) in [5, 5.41) is 3.15. The second-order valence-corrected chi connectivity index (χ2v) is 8.24. The number of nitrogens with one attached hydrogen (secondary N) is 1. The lowest BCUT2D eigenvalue weighted by molar-refractivity contribution is -0.125. The van der Waals surface area contributed by atoms with Crippen molar-refractivity contribution in [3.8, 4) is 0 Å².